The van der Waals surface area contributed by atoms with E-state index in [1.165, 1.54) is 11.8 Å². The first-order valence-electron chi connectivity index (χ1n) is 8.17. The van der Waals surface area contributed by atoms with Crippen LogP contribution < -0.4 is 0 Å². The quantitative estimate of drug-likeness (QED) is 0.464. The minimum atomic E-state index is 0.464. The first-order valence-corrected chi connectivity index (χ1v) is 9.53. The fourth-order valence-corrected chi connectivity index (χ4v) is 3.51. The molecule has 4 rings (SSSR count). The van der Waals surface area contributed by atoms with Crippen molar-refractivity contribution < 1.29 is 4.52 Å². The maximum absolute atomic E-state index is 5.91. The van der Waals surface area contributed by atoms with Gasteiger partial charge in [-0.15, -0.1) is 5.10 Å². The summed E-state index contributed by atoms with van der Waals surface area (Å²) in [5.41, 5.74) is 4.08. The van der Waals surface area contributed by atoms with E-state index >= 15 is 0 Å². The molecule has 0 aliphatic carbocycles. The van der Waals surface area contributed by atoms with E-state index in [-0.39, 0.29) is 0 Å². The molecule has 27 heavy (non-hydrogen) atoms. The topological polar surface area (TPSA) is 82.5 Å². The first kappa shape index (κ1) is 17.7. The van der Waals surface area contributed by atoms with Gasteiger partial charge in [-0.25, -0.2) is 0 Å². The van der Waals surface area contributed by atoms with Crippen LogP contribution in [0.15, 0.2) is 52.1 Å². The molecule has 136 valence electrons. The van der Waals surface area contributed by atoms with Gasteiger partial charge in [0, 0.05) is 10.6 Å². The molecule has 0 spiro atoms. The van der Waals surface area contributed by atoms with E-state index in [1.54, 1.807) is 16.8 Å². The molecule has 2 aromatic heterocycles. The lowest BCUT2D eigenvalue weighted by Crippen LogP contribution is -2.00. The van der Waals surface area contributed by atoms with Gasteiger partial charge in [0.2, 0.25) is 16.9 Å². The standard InChI is InChI=1S/C18H15ClN6OS/c1-11-7-12(2)9-15(8-11)25-18(21-23-24-25)27-10-16-20-17(22-26-16)13-3-5-14(19)6-4-13/h3-9H,10H2,1-2H3. The number of rotatable bonds is 5. The van der Waals surface area contributed by atoms with Gasteiger partial charge in [0.1, 0.15) is 0 Å². The number of nitrogens with zero attached hydrogens (tertiary/aromatic N) is 6. The van der Waals surface area contributed by atoms with Gasteiger partial charge < -0.3 is 4.52 Å². The summed E-state index contributed by atoms with van der Waals surface area (Å²) in [7, 11) is 0. The number of aromatic nitrogens is 6. The lowest BCUT2D eigenvalue weighted by Gasteiger charge is -2.06. The van der Waals surface area contributed by atoms with E-state index in [9.17, 15) is 0 Å². The van der Waals surface area contributed by atoms with Crippen LogP contribution in [-0.4, -0.2) is 30.3 Å². The molecule has 0 saturated heterocycles. The lowest BCUT2D eigenvalue weighted by atomic mass is 10.1. The molecule has 0 aliphatic heterocycles. The second-order valence-corrected chi connectivity index (χ2v) is 7.41. The van der Waals surface area contributed by atoms with Crippen molar-refractivity contribution >= 4 is 23.4 Å². The summed E-state index contributed by atoms with van der Waals surface area (Å²) in [5, 5.41) is 17.3. The summed E-state index contributed by atoms with van der Waals surface area (Å²) in [6.45, 7) is 4.09. The monoisotopic (exact) mass is 398 g/mol. The highest BCUT2D eigenvalue weighted by molar-refractivity contribution is 7.98. The summed E-state index contributed by atoms with van der Waals surface area (Å²) in [5.74, 6) is 1.49. The van der Waals surface area contributed by atoms with E-state index < -0.39 is 0 Å². The number of hydrogen-bond donors (Lipinski definition) is 0. The van der Waals surface area contributed by atoms with Crippen molar-refractivity contribution in [1.29, 1.82) is 0 Å². The molecule has 0 fully saturated rings. The second kappa shape index (κ2) is 7.50. The summed E-state index contributed by atoms with van der Waals surface area (Å²) < 4.78 is 7.05. The van der Waals surface area contributed by atoms with Crippen molar-refractivity contribution in [2.45, 2.75) is 24.8 Å². The molecule has 2 aromatic carbocycles. The number of tetrazole rings is 1. The number of hydrogen-bond acceptors (Lipinski definition) is 7. The molecule has 0 atom stereocenters. The zero-order valence-corrected chi connectivity index (χ0v) is 16.2. The maximum Gasteiger partial charge on any atom is 0.237 e. The number of benzene rings is 2. The van der Waals surface area contributed by atoms with Crippen molar-refractivity contribution in [2.75, 3.05) is 0 Å². The Morgan fingerprint density at radius 3 is 2.56 bits per heavy atom. The van der Waals surface area contributed by atoms with Gasteiger partial charge in [0.15, 0.2) is 0 Å². The van der Waals surface area contributed by atoms with Crippen molar-refractivity contribution in [3.8, 4) is 17.1 Å². The SMILES string of the molecule is Cc1cc(C)cc(-n2nnnc2SCc2nc(-c3ccc(Cl)cc3)no2)c1. The van der Waals surface area contributed by atoms with Crippen LogP contribution in [0, 0.1) is 13.8 Å². The van der Waals surface area contributed by atoms with Crippen LogP contribution in [0.25, 0.3) is 17.1 Å². The van der Waals surface area contributed by atoms with Crippen molar-refractivity contribution in [1.82, 2.24) is 30.3 Å². The Kier molecular flexibility index (Phi) is 4.91. The third-order valence-electron chi connectivity index (χ3n) is 3.79. The van der Waals surface area contributed by atoms with Crippen LogP contribution in [-0.2, 0) is 5.75 Å². The molecular formula is C18H15ClN6OS. The van der Waals surface area contributed by atoms with Crippen molar-refractivity contribution in [3.63, 3.8) is 0 Å². The van der Waals surface area contributed by atoms with Crippen molar-refractivity contribution in [2.24, 2.45) is 0 Å². The minimum absolute atomic E-state index is 0.464. The van der Waals surface area contributed by atoms with Gasteiger partial charge in [-0.1, -0.05) is 34.6 Å². The van der Waals surface area contributed by atoms with Crippen LogP contribution in [0.5, 0.6) is 0 Å². The predicted octanol–water partition coefficient (Wildman–Crippen LogP) is 4.27. The van der Waals surface area contributed by atoms with Crippen LogP contribution in [0.3, 0.4) is 0 Å². The lowest BCUT2D eigenvalue weighted by molar-refractivity contribution is 0.391. The number of aryl methyl sites for hydroxylation is 2. The highest BCUT2D eigenvalue weighted by Gasteiger charge is 2.14. The minimum Gasteiger partial charge on any atom is -0.338 e. The first-order chi connectivity index (χ1) is 13.1. The largest absolute Gasteiger partial charge is 0.338 e. The number of halogens is 1. The Morgan fingerprint density at radius 2 is 1.81 bits per heavy atom. The van der Waals surface area contributed by atoms with E-state index in [0.717, 1.165) is 22.4 Å². The summed E-state index contributed by atoms with van der Waals surface area (Å²) >= 11 is 7.34. The van der Waals surface area contributed by atoms with E-state index in [1.807, 2.05) is 38.1 Å². The van der Waals surface area contributed by atoms with Crippen molar-refractivity contribution in [3.05, 3.63) is 64.5 Å². The maximum atomic E-state index is 5.91. The predicted molar refractivity (Wildman–Crippen MR) is 103 cm³/mol. The van der Waals surface area contributed by atoms with Gasteiger partial charge in [0.25, 0.3) is 0 Å². The Labute approximate surface area is 164 Å². The Bertz CT molecular complexity index is 1060. The molecular weight excluding hydrogens is 384 g/mol. The average Bonchev–Trinajstić information content (AvgIpc) is 3.29. The third kappa shape index (κ3) is 4.01. The molecule has 0 radical (unpaired) electrons. The molecule has 0 aliphatic rings. The number of thioether (sulfide) groups is 1. The fourth-order valence-electron chi connectivity index (χ4n) is 2.66. The summed E-state index contributed by atoms with van der Waals surface area (Å²) in [4.78, 5) is 4.42. The third-order valence-corrected chi connectivity index (χ3v) is 4.94. The molecule has 9 heteroatoms. The summed E-state index contributed by atoms with van der Waals surface area (Å²) in [6, 6.07) is 13.5. The van der Waals surface area contributed by atoms with Crippen LogP contribution in [0.4, 0.5) is 0 Å². The Balaban J connectivity index is 1.50. The van der Waals surface area contributed by atoms with Gasteiger partial charge in [-0.2, -0.15) is 9.67 Å². The molecule has 0 N–H and O–H groups in total. The molecule has 0 bridgehead atoms. The molecule has 0 unspecified atom stereocenters. The molecule has 4 aromatic rings. The van der Waals surface area contributed by atoms with Gasteiger partial charge in [-0.3, -0.25) is 0 Å². The van der Waals surface area contributed by atoms with Gasteiger partial charge in [-0.05, 0) is 71.8 Å². The Hall–Kier alpha value is -2.71. The molecule has 2 heterocycles. The van der Waals surface area contributed by atoms with E-state index in [4.69, 9.17) is 16.1 Å². The van der Waals surface area contributed by atoms with E-state index in [2.05, 4.69) is 31.7 Å². The highest BCUT2D eigenvalue weighted by Crippen LogP contribution is 2.24. The smallest absolute Gasteiger partial charge is 0.237 e. The second-order valence-electron chi connectivity index (χ2n) is 6.03. The molecule has 7 nitrogen and oxygen atoms in total. The summed E-state index contributed by atoms with van der Waals surface area (Å²) in [6.07, 6.45) is 0. The zero-order chi connectivity index (χ0) is 18.8. The molecule has 0 amide bonds. The molecule has 0 saturated carbocycles. The highest BCUT2D eigenvalue weighted by atomic mass is 35.5. The Morgan fingerprint density at radius 1 is 1.07 bits per heavy atom. The fraction of sp³-hybridized carbons (Fsp3) is 0.167. The normalized spacial score (nSPS) is 11.1. The van der Waals surface area contributed by atoms with Gasteiger partial charge >= 0.3 is 0 Å². The van der Waals surface area contributed by atoms with Crippen LogP contribution in [0.1, 0.15) is 17.0 Å². The van der Waals surface area contributed by atoms with Gasteiger partial charge in [0.05, 0.1) is 11.4 Å². The van der Waals surface area contributed by atoms with E-state index in [0.29, 0.717) is 27.6 Å². The van der Waals surface area contributed by atoms with Crippen LogP contribution in [0.2, 0.25) is 5.02 Å². The van der Waals surface area contributed by atoms with Crippen LogP contribution >= 0.6 is 23.4 Å². The zero-order valence-electron chi connectivity index (χ0n) is 14.6. The average molecular weight is 399 g/mol.